The number of aromatic nitrogens is 3. The minimum absolute atomic E-state index is 0.534. The predicted octanol–water partition coefficient (Wildman–Crippen LogP) is 0.964. The van der Waals surface area contributed by atoms with Crippen molar-refractivity contribution in [2.75, 3.05) is 0 Å². The quantitative estimate of drug-likeness (QED) is 0.806. The highest BCUT2D eigenvalue weighted by Crippen LogP contribution is 2.02. The van der Waals surface area contributed by atoms with E-state index in [0.29, 0.717) is 24.9 Å². The van der Waals surface area contributed by atoms with E-state index in [-0.39, 0.29) is 0 Å². The smallest absolute Gasteiger partial charge is 0.230 e. The Labute approximate surface area is 86.7 Å². The van der Waals surface area contributed by atoms with Crippen molar-refractivity contribution in [1.29, 1.82) is 0 Å². The maximum Gasteiger partial charge on any atom is 0.230 e. The molecule has 2 aromatic heterocycles. The van der Waals surface area contributed by atoms with Crippen LogP contribution in [0.25, 0.3) is 0 Å². The first-order valence-corrected chi connectivity index (χ1v) is 4.66. The lowest BCUT2D eigenvalue weighted by Crippen LogP contribution is -2.13. The molecule has 2 rings (SSSR count). The third kappa shape index (κ3) is 2.63. The molecule has 0 aliphatic carbocycles. The van der Waals surface area contributed by atoms with Gasteiger partial charge in [0.1, 0.15) is 5.76 Å². The van der Waals surface area contributed by atoms with Gasteiger partial charge in [0.2, 0.25) is 11.8 Å². The minimum Gasteiger partial charge on any atom is -0.424 e. The largest absolute Gasteiger partial charge is 0.424 e. The van der Waals surface area contributed by atoms with Crippen LogP contribution < -0.4 is 5.32 Å². The molecule has 6 heteroatoms. The number of nitrogens with zero attached hydrogens (tertiary/aromatic N) is 3. The summed E-state index contributed by atoms with van der Waals surface area (Å²) in [6.45, 7) is 4.78. The summed E-state index contributed by atoms with van der Waals surface area (Å²) in [5.41, 5.74) is 0.865. The molecule has 0 bridgehead atoms. The summed E-state index contributed by atoms with van der Waals surface area (Å²) in [4.78, 5) is 0. The highest BCUT2D eigenvalue weighted by Gasteiger charge is 2.03. The highest BCUT2D eigenvalue weighted by molar-refractivity contribution is 5.02. The molecule has 2 aromatic rings. The standard InChI is InChI=1S/C9H12N4O2/c1-6-3-8(13-15-6)4-10-5-9-12-11-7(2)14-9/h3,10H,4-5H2,1-2H3. The van der Waals surface area contributed by atoms with Crippen LogP contribution in [0, 0.1) is 13.8 Å². The van der Waals surface area contributed by atoms with Crippen LogP contribution in [-0.4, -0.2) is 15.4 Å². The second-order valence-corrected chi connectivity index (χ2v) is 3.25. The predicted molar refractivity (Wildman–Crippen MR) is 50.8 cm³/mol. The van der Waals surface area contributed by atoms with Gasteiger partial charge in [-0.1, -0.05) is 5.16 Å². The first-order chi connectivity index (χ1) is 7.24. The van der Waals surface area contributed by atoms with Crippen LogP contribution in [-0.2, 0) is 13.1 Å². The summed E-state index contributed by atoms with van der Waals surface area (Å²) in [7, 11) is 0. The van der Waals surface area contributed by atoms with Crippen LogP contribution in [0.4, 0.5) is 0 Å². The summed E-state index contributed by atoms with van der Waals surface area (Å²) in [5, 5.41) is 14.6. The average Bonchev–Trinajstić information content (AvgIpc) is 2.76. The molecule has 0 aromatic carbocycles. The first kappa shape index (κ1) is 9.85. The number of aryl methyl sites for hydroxylation is 2. The Balaban J connectivity index is 1.80. The van der Waals surface area contributed by atoms with E-state index in [0.717, 1.165) is 11.5 Å². The van der Waals surface area contributed by atoms with Gasteiger partial charge in [0.25, 0.3) is 0 Å². The third-order valence-electron chi connectivity index (χ3n) is 1.83. The van der Waals surface area contributed by atoms with Crippen molar-refractivity contribution in [2.45, 2.75) is 26.9 Å². The van der Waals surface area contributed by atoms with Crippen molar-refractivity contribution in [1.82, 2.24) is 20.7 Å². The zero-order valence-electron chi connectivity index (χ0n) is 8.65. The van der Waals surface area contributed by atoms with Crippen LogP contribution in [0.2, 0.25) is 0 Å². The molecule has 0 saturated carbocycles. The Morgan fingerprint density at radius 3 is 2.73 bits per heavy atom. The molecule has 0 spiro atoms. The molecule has 1 N–H and O–H groups in total. The van der Waals surface area contributed by atoms with Gasteiger partial charge in [-0.3, -0.25) is 0 Å². The lowest BCUT2D eigenvalue weighted by Gasteiger charge is -1.96. The molecule has 0 unspecified atom stereocenters. The van der Waals surface area contributed by atoms with Crippen molar-refractivity contribution in [3.05, 3.63) is 29.3 Å². The molecule has 0 atom stereocenters. The van der Waals surface area contributed by atoms with E-state index in [1.54, 1.807) is 6.92 Å². The molecular weight excluding hydrogens is 196 g/mol. The zero-order chi connectivity index (χ0) is 10.7. The Kier molecular flexibility index (Phi) is 2.77. The maximum absolute atomic E-state index is 5.20. The Bertz CT molecular complexity index is 395. The van der Waals surface area contributed by atoms with Gasteiger partial charge in [-0.05, 0) is 6.92 Å². The van der Waals surface area contributed by atoms with E-state index in [2.05, 4.69) is 20.7 Å². The molecule has 0 aliphatic heterocycles. The second-order valence-electron chi connectivity index (χ2n) is 3.25. The van der Waals surface area contributed by atoms with Gasteiger partial charge in [-0.25, -0.2) is 0 Å². The topological polar surface area (TPSA) is 77.0 Å². The van der Waals surface area contributed by atoms with E-state index in [9.17, 15) is 0 Å². The fraction of sp³-hybridized carbons (Fsp3) is 0.444. The third-order valence-corrected chi connectivity index (χ3v) is 1.83. The van der Waals surface area contributed by atoms with Gasteiger partial charge >= 0.3 is 0 Å². The van der Waals surface area contributed by atoms with Crippen LogP contribution in [0.1, 0.15) is 23.2 Å². The van der Waals surface area contributed by atoms with E-state index >= 15 is 0 Å². The molecule has 0 amide bonds. The summed E-state index contributed by atoms with van der Waals surface area (Å²) in [5.74, 6) is 1.96. The normalized spacial score (nSPS) is 10.8. The monoisotopic (exact) mass is 208 g/mol. The van der Waals surface area contributed by atoms with Crippen molar-refractivity contribution in [3.63, 3.8) is 0 Å². The van der Waals surface area contributed by atoms with Crippen LogP contribution in [0.5, 0.6) is 0 Å². The molecule has 80 valence electrons. The molecule has 6 nitrogen and oxygen atoms in total. The van der Waals surface area contributed by atoms with Crippen LogP contribution in [0.15, 0.2) is 15.0 Å². The Morgan fingerprint density at radius 1 is 1.27 bits per heavy atom. The number of hydrogen-bond acceptors (Lipinski definition) is 6. The molecule has 0 fully saturated rings. The summed E-state index contributed by atoms with van der Waals surface area (Å²) in [6, 6.07) is 1.88. The van der Waals surface area contributed by atoms with Crippen LogP contribution in [0.3, 0.4) is 0 Å². The van der Waals surface area contributed by atoms with Crippen molar-refractivity contribution < 1.29 is 8.94 Å². The average molecular weight is 208 g/mol. The molecule has 0 aliphatic rings. The summed E-state index contributed by atoms with van der Waals surface area (Å²) >= 11 is 0. The molecule has 15 heavy (non-hydrogen) atoms. The number of rotatable bonds is 4. The lowest BCUT2D eigenvalue weighted by atomic mass is 10.4. The van der Waals surface area contributed by atoms with Gasteiger partial charge in [0.05, 0.1) is 12.2 Å². The minimum atomic E-state index is 0.534. The second kappa shape index (κ2) is 4.22. The Morgan fingerprint density at radius 2 is 2.13 bits per heavy atom. The summed E-state index contributed by atoms with van der Waals surface area (Å²) < 4.78 is 10.1. The zero-order valence-corrected chi connectivity index (χ0v) is 8.65. The SMILES string of the molecule is Cc1cc(CNCc2nnc(C)o2)no1. The van der Waals surface area contributed by atoms with Gasteiger partial charge in [0, 0.05) is 19.5 Å². The molecule has 2 heterocycles. The summed E-state index contributed by atoms with van der Waals surface area (Å²) in [6.07, 6.45) is 0. The number of hydrogen-bond donors (Lipinski definition) is 1. The van der Waals surface area contributed by atoms with E-state index < -0.39 is 0 Å². The van der Waals surface area contributed by atoms with Gasteiger partial charge in [-0.15, -0.1) is 10.2 Å². The van der Waals surface area contributed by atoms with Gasteiger partial charge < -0.3 is 14.3 Å². The molecule has 0 radical (unpaired) electrons. The van der Waals surface area contributed by atoms with Crippen molar-refractivity contribution in [2.24, 2.45) is 0 Å². The fourth-order valence-corrected chi connectivity index (χ4v) is 1.21. The molecular formula is C9H12N4O2. The number of nitrogens with one attached hydrogen (secondary N) is 1. The fourth-order valence-electron chi connectivity index (χ4n) is 1.21. The Hall–Kier alpha value is -1.69. The maximum atomic E-state index is 5.20. The molecule has 0 saturated heterocycles. The van der Waals surface area contributed by atoms with Gasteiger partial charge in [0.15, 0.2) is 0 Å². The van der Waals surface area contributed by atoms with Crippen molar-refractivity contribution >= 4 is 0 Å². The van der Waals surface area contributed by atoms with E-state index in [1.165, 1.54) is 0 Å². The van der Waals surface area contributed by atoms with E-state index in [1.807, 2.05) is 13.0 Å². The first-order valence-electron chi connectivity index (χ1n) is 4.66. The van der Waals surface area contributed by atoms with Crippen LogP contribution >= 0.6 is 0 Å². The highest BCUT2D eigenvalue weighted by atomic mass is 16.5. The lowest BCUT2D eigenvalue weighted by molar-refractivity contribution is 0.386. The van der Waals surface area contributed by atoms with Crippen molar-refractivity contribution in [3.8, 4) is 0 Å². The van der Waals surface area contributed by atoms with E-state index in [4.69, 9.17) is 8.94 Å². The van der Waals surface area contributed by atoms with Gasteiger partial charge in [-0.2, -0.15) is 0 Å².